The zero-order valence-corrected chi connectivity index (χ0v) is 19.8. The molecular formula is C27H25N3O5. The minimum atomic E-state index is -0.525. The number of aryl methyl sites for hydroxylation is 2. The van der Waals surface area contributed by atoms with Crippen LogP contribution in [0.1, 0.15) is 73.3 Å². The number of pyridine rings is 1. The fourth-order valence-electron chi connectivity index (χ4n) is 4.12. The van der Waals surface area contributed by atoms with E-state index in [9.17, 15) is 19.2 Å². The molecule has 8 nitrogen and oxygen atoms in total. The van der Waals surface area contributed by atoms with E-state index in [0.29, 0.717) is 18.5 Å². The van der Waals surface area contributed by atoms with Crippen molar-refractivity contribution in [2.45, 2.75) is 33.6 Å². The number of fused-ring (bicyclic) bond motifs is 1. The van der Waals surface area contributed by atoms with Crippen molar-refractivity contribution >= 4 is 35.2 Å². The van der Waals surface area contributed by atoms with E-state index >= 15 is 0 Å². The number of nitrogens with zero attached hydrogens (tertiary/aromatic N) is 2. The molecule has 0 aliphatic carbocycles. The highest BCUT2D eigenvalue weighted by molar-refractivity contribution is 6.35. The lowest BCUT2D eigenvalue weighted by Crippen LogP contribution is -2.31. The summed E-state index contributed by atoms with van der Waals surface area (Å²) in [5.74, 6) is -1.75. The standard InChI is InChI=1S/C27H25N3O5/c1-4-16-8-7-9-17(5-2)23(16)30-25(32)20-11-10-18(14-21(20)26(30)33)24(31)29-22-15-19(12-13-28-22)27(34)35-6-3/h7-15H,4-6H2,1-3H3,(H,28,29,31). The van der Waals surface area contributed by atoms with Gasteiger partial charge >= 0.3 is 5.97 Å². The summed E-state index contributed by atoms with van der Waals surface area (Å²) in [5, 5.41) is 2.62. The van der Waals surface area contributed by atoms with Gasteiger partial charge in [-0.05, 0) is 61.2 Å². The number of esters is 1. The molecule has 1 aliphatic rings. The number of amides is 3. The van der Waals surface area contributed by atoms with Crippen molar-refractivity contribution in [3.05, 3.63) is 88.1 Å². The highest BCUT2D eigenvalue weighted by Crippen LogP contribution is 2.34. The Morgan fingerprint density at radius 3 is 2.23 bits per heavy atom. The summed E-state index contributed by atoms with van der Waals surface area (Å²) in [5.41, 5.74) is 3.30. The molecule has 0 radical (unpaired) electrons. The number of carbonyl (C=O) groups excluding carboxylic acids is 4. The summed E-state index contributed by atoms with van der Waals surface area (Å²) < 4.78 is 4.97. The van der Waals surface area contributed by atoms with Gasteiger partial charge in [0.05, 0.1) is 29.0 Å². The highest BCUT2D eigenvalue weighted by Gasteiger charge is 2.38. The maximum absolute atomic E-state index is 13.4. The van der Waals surface area contributed by atoms with E-state index in [-0.39, 0.29) is 34.7 Å². The fourth-order valence-corrected chi connectivity index (χ4v) is 4.12. The van der Waals surface area contributed by atoms with Crippen LogP contribution < -0.4 is 10.2 Å². The first kappa shape index (κ1) is 23.8. The van der Waals surface area contributed by atoms with Crippen molar-refractivity contribution < 1.29 is 23.9 Å². The second-order valence-electron chi connectivity index (χ2n) is 7.94. The molecule has 8 heteroatoms. The molecule has 0 bridgehead atoms. The molecule has 0 fully saturated rings. The van der Waals surface area contributed by atoms with Gasteiger partial charge < -0.3 is 10.1 Å². The molecule has 0 saturated carbocycles. The van der Waals surface area contributed by atoms with E-state index in [1.165, 1.54) is 41.4 Å². The van der Waals surface area contributed by atoms with Crippen molar-refractivity contribution in [2.24, 2.45) is 0 Å². The third-order valence-electron chi connectivity index (χ3n) is 5.85. The quantitative estimate of drug-likeness (QED) is 0.404. The molecule has 0 spiro atoms. The Kier molecular flexibility index (Phi) is 6.73. The number of imide groups is 1. The zero-order chi connectivity index (χ0) is 25.1. The monoisotopic (exact) mass is 471 g/mol. The molecule has 4 rings (SSSR count). The lowest BCUT2D eigenvalue weighted by atomic mass is 10.0. The van der Waals surface area contributed by atoms with Crippen LogP contribution in [0.5, 0.6) is 0 Å². The normalized spacial score (nSPS) is 12.5. The number of carbonyl (C=O) groups is 4. The molecule has 0 saturated heterocycles. The van der Waals surface area contributed by atoms with E-state index in [1.807, 2.05) is 32.0 Å². The SMILES string of the molecule is CCOC(=O)c1ccnc(NC(=O)c2ccc3c(c2)C(=O)N(c2c(CC)cccc2CC)C3=O)c1. The summed E-state index contributed by atoms with van der Waals surface area (Å²) in [6.45, 7) is 5.88. The van der Waals surface area contributed by atoms with Crippen molar-refractivity contribution in [1.29, 1.82) is 0 Å². The average Bonchev–Trinajstić information content (AvgIpc) is 3.12. The average molecular weight is 472 g/mol. The van der Waals surface area contributed by atoms with Crippen molar-refractivity contribution in [3.8, 4) is 0 Å². The van der Waals surface area contributed by atoms with Gasteiger partial charge in [-0.3, -0.25) is 14.4 Å². The van der Waals surface area contributed by atoms with E-state index in [1.54, 1.807) is 6.92 Å². The Bertz CT molecular complexity index is 1330. The number of benzene rings is 2. The predicted octanol–water partition coefficient (Wildman–Crippen LogP) is 4.44. The number of para-hydroxylation sites is 1. The van der Waals surface area contributed by atoms with E-state index < -0.39 is 23.7 Å². The van der Waals surface area contributed by atoms with E-state index in [4.69, 9.17) is 4.74 Å². The molecule has 0 atom stereocenters. The molecular weight excluding hydrogens is 446 g/mol. The summed E-state index contributed by atoms with van der Waals surface area (Å²) in [7, 11) is 0. The molecule has 0 unspecified atom stereocenters. The smallest absolute Gasteiger partial charge is 0.338 e. The van der Waals surface area contributed by atoms with Crippen LogP contribution in [0, 0.1) is 0 Å². The molecule has 3 aromatic rings. The van der Waals surface area contributed by atoms with Gasteiger partial charge in [0.1, 0.15) is 5.82 Å². The van der Waals surface area contributed by atoms with Crippen molar-refractivity contribution in [1.82, 2.24) is 4.98 Å². The highest BCUT2D eigenvalue weighted by atomic mass is 16.5. The van der Waals surface area contributed by atoms with Gasteiger partial charge in [-0.15, -0.1) is 0 Å². The maximum Gasteiger partial charge on any atom is 0.338 e. The Balaban J connectivity index is 1.63. The third-order valence-corrected chi connectivity index (χ3v) is 5.85. The van der Waals surface area contributed by atoms with Crippen LogP contribution in [0.25, 0.3) is 0 Å². The Hall–Kier alpha value is -4.33. The summed E-state index contributed by atoms with van der Waals surface area (Å²) in [6.07, 6.45) is 2.73. The number of nitrogens with one attached hydrogen (secondary N) is 1. The molecule has 2 aromatic carbocycles. The molecule has 1 aromatic heterocycles. The zero-order valence-electron chi connectivity index (χ0n) is 19.8. The molecule has 2 heterocycles. The Morgan fingerprint density at radius 1 is 0.886 bits per heavy atom. The van der Waals surface area contributed by atoms with Crippen LogP contribution >= 0.6 is 0 Å². The van der Waals surface area contributed by atoms with Crippen LogP contribution in [0.2, 0.25) is 0 Å². The third kappa shape index (κ3) is 4.42. The molecule has 1 N–H and O–H groups in total. The second kappa shape index (κ2) is 9.89. The number of aromatic nitrogens is 1. The van der Waals surface area contributed by atoms with Gasteiger partial charge in [0, 0.05) is 11.8 Å². The van der Waals surface area contributed by atoms with Gasteiger partial charge in [-0.25, -0.2) is 14.7 Å². The number of rotatable bonds is 7. The van der Waals surface area contributed by atoms with Crippen LogP contribution in [0.15, 0.2) is 54.7 Å². The maximum atomic E-state index is 13.4. The minimum absolute atomic E-state index is 0.162. The first-order valence-corrected chi connectivity index (χ1v) is 11.5. The number of ether oxygens (including phenoxy) is 1. The van der Waals surface area contributed by atoms with Gasteiger partial charge in [0.15, 0.2) is 0 Å². The Morgan fingerprint density at radius 2 is 1.57 bits per heavy atom. The first-order chi connectivity index (χ1) is 16.9. The van der Waals surface area contributed by atoms with E-state index in [0.717, 1.165) is 11.1 Å². The summed E-state index contributed by atoms with van der Waals surface area (Å²) in [4.78, 5) is 56.7. The lowest BCUT2D eigenvalue weighted by Gasteiger charge is -2.21. The number of hydrogen-bond donors (Lipinski definition) is 1. The van der Waals surface area contributed by atoms with E-state index in [2.05, 4.69) is 10.3 Å². The second-order valence-corrected chi connectivity index (χ2v) is 7.94. The van der Waals surface area contributed by atoms with Gasteiger partial charge in [0.2, 0.25) is 0 Å². The van der Waals surface area contributed by atoms with Crippen LogP contribution in [0.4, 0.5) is 11.5 Å². The number of anilines is 2. The van der Waals surface area contributed by atoms with Gasteiger partial charge in [-0.2, -0.15) is 0 Å². The van der Waals surface area contributed by atoms with Crippen LogP contribution in [0.3, 0.4) is 0 Å². The minimum Gasteiger partial charge on any atom is -0.462 e. The topological polar surface area (TPSA) is 106 Å². The van der Waals surface area contributed by atoms with Crippen molar-refractivity contribution in [2.75, 3.05) is 16.8 Å². The lowest BCUT2D eigenvalue weighted by molar-refractivity contribution is 0.0525. The predicted molar refractivity (Wildman–Crippen MR) is 131 cm³/mol. The number of hydrogen-bond acceptors (Lipinski definition) is 6. The van der Waals surface area contributed by atoms with Crippen molar-refractivity contribution in [3.63, 3.8) is 0 Å². The van der Waals surface area contributed by atoms with Crippen LogP contribution in [-0.4, -0.2) is 35.3 Å². The fraction of sp³-hybridized carbons (Fsp3) is 0.222. The van der Waals surface area contributed by atoms with Gasteiger partial charge in [0.25, 0.3) is 17.7 Å². The van der Waals surface area contributed by atoms with Gasteiger partial charge in [-0.1, -0.05) is 32.0 Å². The summed E-state index contributed by atoms with van der Waals surface area (Å²) in [6, 6.07) is 13.0. The largest absolute Gasteiger partial charge is 0.462 e. The Labute approximate surface area is 202 Å². The van der Waals surface area contributed by atoms with Crippen LogP contribution in [-0.2, 0) is 17.6 Å². The summed E-state index contributed by atoms with van der Waals surface area (Å²) >= 11 is 0. The molecule has 178 valence electrons. The molecule has 3 amide bonds. The molecule has 35 heavy (non-hydrogen) atoms. The molecule has 1 aliphatic heterocycles. The first-order valence-electron chi connectivity index (χ1n) is 11.5.